The minimum absolute atomic E-state index is 0.156. The molecule has 23 heavy (non-hydrogen) atoms. The van der Waals surface area contributed by atoms with Gasteiger partial charge in [-0.3, -0.25) is 4.79 Å². The summed E-state index contributed by atoms with van der Waals surface area (Å²) in [7, 11) is 0. The first kappa shape index (κ1) is 14.3. The minimum atomic E-state index is 0.156. The van der Waals surface area contributed by atoms with Crippen LogP contribution in [0.2, 0.25) is 0 Å². The summed E-state index contributed by atoms with van der Waals surface area (Å²) in [6.45, 7) is 1.16. The molecule has 1 amide bonds. The molecule has 0 unspecified atom stereocenters. The molecule has 0 saturated heterocycles. The van der Waals surface area contributed by atoms with Crippen LogP contribution < -0.4 is 10.2 Å². The van der Waals surface area contributed by atoms with Gasteiger partial charge in [-0.2, -0.15) is 0 Å². The van der Waals surface area contributed by atoms with Crippen LogP contribution in [0.4, 0.5) is 11.4 Å². The summed E-state index contributed by atoms with van der Waals surface area (Å²) in [4.78, 5) is 14.5. The maximum atomic E-state index is 12.6. The maximum Gasteiger partial charge on any atom is 0.246 e. The number of nitrogens with zero attached hydrogens (tertiary/aromatic N) is 1. The predicted molar refractivity (Wildman–Crippen MR) is 94.1 cm³/mol. The number of anilines is 2. The molecule has 3 nitrogen and oxygen atoms in total. The molecule has 118 valence electrons. The Bertz CT molecular complexity index is 738. The van der Waals surface area contributed by atoms with Gasteiger partial charge in [-0.25, -0.2) is 0 Å². The molecule has 1 heterocycles. The summed E-state index contributed by atoms with van der Waals surface area (Å²) in [6.07, 6.45) is 5.78. The molecule has 0 atom stereocenters. The third-order valence-corrected chi connectivity index (χ3v) is 5.01. The van der Waals surface area contributed by atoms with E-state index in [0.717, 1.165) is 37.2 Å². The minimum Gasteiger partial charge on any atom is -0.376 e. The second kappa shape index (κ2) is 6.07. The molecule has 0 saturated carbocycles. The van der Waals surface area contributed by atoms with E-state index < -0.39 is 0 Å². The smallest absolute Gasteiger partial charge is 0.246 e. The second-order valence-corrected chi connectivity index (χ2v) is 6.43. The molecule has 0 bridgehead atoms. The molecule has 2 aromatic rings. The van der Waals surface area contributed by atoms with Gasteiger partial charge in [-0.1, -0.05) is 30.3 Å². The number of aryl methyl sites for hydroxylation is 1. The van der Waals surface area contributed by atoms with Crippen LogP contribution in [0.25, 0.3) is 0 Å². The molecule has 0 fully saturated rings. The quantitative estimate of drug-likeness (QED) is 0.940. The lowest BCUT2D eigenvalue weighted by Gasteiger charge is -2.22. The fraction of sp³-hybridized carbons (Fsp3) is 0.350. The van der Waals surface area contributed by atoms with E-state index in [1.54, 1.807) is 0 Å². The summed E-state index contributed by atoms with van der Waals surface area (Å²) in [6, 6.07) is 14.6. The molecule has 4 rings (SSSR count). The molecular formula is C20H22N2O. The van der Waals surface area contributed by atoms with Crippen LogP contribution in [0.3, 0.4) is 0 Å². The van der Waals surface area contributed by atoms with Gasteiger partial charge in [0.1, 0.15) is 0 Å². The lowest BCUT2D eigenvalue weighted by Crippen LogP contribution is -2.34. The highest BCUT2D eigenvalue weighted by Crippen LogP contribution is 2.29. The molecule has 0 aromatic heterocycles. The van der Waals surface area contributed by atoms with Crippen LogP contribution in [0.1, 0.15) is 29.5 Å². The fourth-order valence-corrected chi connectivity index (χ4v) is 3.81. The third kappa shape index (κ3) is 2.72. The van der Waals surface area contributed by atoms with Crippen molar-refractivity contribution in [2.45, 2.75) is 32.1 Å². The van der Waals surface area contributed by atoms with Gasteiger partial charge in [0.05, 0.1) is 6.54 Å². The van der Waals surface area contributed by atoms with Crippen LogP contribution in [0.15, 0.2) is 42.5 Å². The van der Waals surface area contributed by atoms with Gasteiger partial charge in [-0.05, 0) is 60.9 Å². The van der Waals surface area contributed by atoms with E-state index >= 15 is 0 Å². The normalized spacial score (nSPS) is 15.9. The van der Waals surface area contributed by atoms with E-state index in [2.05, 4.69) is 29.6 Å². The van der Waals surface area contributed by atoms with Gasteiger partial charge in [0.15, 0.2) is 0 Å². The number of hydrogen-bond acceptors (Lipinski definition) is 2. The number of rotatable bonds is 3. The summed E-state index contributed by atoms with van der Waals surface area (Å²) in [5.74, 6) is 0.156. The summed E-state index contributed by atoms with van der Waals surface area (Å²) >= 11 is 0. The van der Waals surface area contributed by atoms with E-state index in [1.165, 1.54) is 29.5 Å². The van der Waals surface area contributed by atoms with E-state index in [9.17, 15) is 4.79 Å². The van der Waals surface area contributed by atoms with Crippen LogP contribution in [-0.2, 0) is 24.1 Å². The van der Waals surface area contributed by atoms with Crippen molar-refractivity contribution in [3.63, 3.8) is 0 Å². The van der Waals surface area contributed by atoms with Gasteiger partial charge in [0, 0.05) is 17.9 Å². The first-order chi connectivity index (χ1) is 11.3. The Morgan fingerprint density at radius 1 is 0.957 bits per heavy atom. The highest BCUT2D eigenvalue weighted by molar-refractivity contribution is 5.98. The standard InChI is InChI=1S/C20H22N2O/c23-20(22-13-12-16-7-2-4-11-19(16)22)14-21-18-10-5-8-15-6-1-3-9-17(15)18/h2,4-5,7-8,10-11,21H,1,3,6,9,12-14H2. The molecule has 3 heteroatoms. The highest BCUT2D eigenvalue weighted by atomic mass is 16.2. The second-order valence-electron chi connectivity index (χ2n) is 6.43. The van der Waals surface area contributed by atoms with Crippen molar-refractivity contribution < 1.29 is 4.79 Å². The van der Waals surface area contributed by atoms with Crippen LogP contribution in [-0.4, -0.2) is 19.0 Å². The number of fused-ring (bicyclic) bond motifs is 2. The van der Waals surface area contributed by atoms with Crippen molar-refractivity contribution in [1.82, 2.24) is 0 Å². The van der Waals surface area contributed by atoms with E-state index in [-0.39, 0.29) is 5.91 Å². The number of amides is 1. The number of carbonyl (C=O) groups is 1. The molecule has 1 aliphatic carbocycles. The number of benzene rings is 2. The van der Waals surface area contributed by atoms with Crippen molar-refractivity contribution in [2.75, 3.05) is 23.3 Å². The zero-order valence-electron chi connectivity index (χ0n) is 13.3. The van der Waals surface area contributed by atoms with E-state index in [1.807, 2.05) is 23.1 Å². The van der Waals surface area contributed by atoms with Crippen LogP contribution in [0.5, 0.6) is 0 Å². The Balaban J connectivity index is 1.47. The fourth-order valence-electron chi connectivity index (χ4n) is 3.81. The number of nitrogens with one attached hydrogen (secondary N) is 1. The third-order valence-electron chi connectivity index (χ3n) is 5.01. The molecule has 2 aromatic carbocycles. The molecule has 0 radical (unpaired) electrons. The Morgan fingerprint density at radius 2 is 1.78 bits per heavy atom. The van der Waals surface area contributed by atoms with Crippen molar-refractivity contribution >= 4 is 17.3 Å². The lowest BCUT2D eigenvalue weighted by atomic mass is 9.90. The van der Waals surface area contributed by atoms with Crippen molar-refractivity contribution in [1.29, 1.82) is 0 Å². The van der Waals surface area contributed by atoms with Gasteiger partial charge < -0.3 is 10.2 Å². The van der Waals surface area contributed by atoms with Gasteiger partial charge >= 0.3 is 0 Å². The van der Waals surface area contributed by atoms with Crippen molar-refractivity contribution in [2.24, 2.45) is 0 Å². The Labute approximate surface area is 137 Å². The number of hydrogen-bond donors (Lipinski definition) is 1. The van der Waals surface area contributed by atoms with Gasteiger partial charge in [0.25, 0.3) is 0 Å². The Kier molecular flexibility index (Phi) is 3.78. The topological polar surface area (TPSA) is 32.3 Å². The summed E-state index contributed by atoms with van der Waals surface area (Å²) in [5.41, 5.74) is 6.35. The maximum absolute atomic E-state index is 12.6. The zero-order valence-corrected chi connectivity index (χ0v) is 13.3. The van der Waals surface area contributed by atoms with E-state index in [4.69, 9.17) is 0 Å². The molecular weight excluding hydrogens is 284 g/mol. The number of carbonyl (C=O) groups excluding carboxylic acids is 1. The predicted octanol–water partition coefficient (Wildman–Crippen LogP) is 3.57. The first-order valence-electron chi connectivity index (χ1n) is 8.56. The molecule has 1 aliphatic heterocycles. The largest absolute Gasteiger partial charge is 0.376 e. The molecule has 0 spiro atoms. The molecule has 2 aliphatic rings. The monoisotopic (exact) mass is 306 g/mol. The van der Waals surface area contributed by atoms with Crippen LogP contribution >= 0.6 is 0 Å². The van der Waals surface area contributed by atoms with Crippen LogP contribution in [0, 0.1) is 0 Å². The van der Waals surface area contributed by atoms with Gasteiger partial charge in [-0.15, -0.1) is 0 Å². The zero-order chi connectivity index (χ0) is 15.6. The lowest BCUT2D eigenvalue weighted by molar-refractivity contribution is -0.116. The van der Waals surface area contributed by atoms with Crippen molar-refractivity contribution in [3.8, 4) is 0 Å². The summed E-state index contributed by atoms with van der Waals surface area (Å²) in [5, 5.41) is 3.39. The number of para-hydroxylation sites is 1. The average Bonchev–Trinajstić information content (AvgIpc) is 3.04. The average molecular weight is 306 g/mol. The first-order valence-corrected chi connectivity index (χ1v) is 8.56. The molecule has 1 N–H and O–H groups in total. The van der Waals surface area contributed by atoms with Crippen molar-refractivity contribution in [3.05, 3.63) is 59.2 Å². The SMILES string of the molecule is O=C(CNc1cccc2c1CCCC2)N1CCc2ccccc21. The Hall–Kier alpha value is -2.29. The van der Waals surface area contributed by atoms with E-state index in [0.29, 0.717) is 6.54 Å². The summed E-state index contributed by atoms with van der Waals surface area (Å²) < 4.78 is 0. The highest BCUT2D eigenvalue weighted by Gasteiger charge is 2.24. The Morgan fingerprint density at radius 3 is 2.74 bits per heavy atom. The van der Waals surface area contributed by atoms with Gasteiger partial charge in [0.2, 0.25) is 5.91 Å².